The first kappa shape index (κ1) is 29.5. The molecule has 2 aliphatic heterocycles. The van der Waals surface area contributed by atoms with Crippen LogP contribution in [0.2, 0.25) is 0 Å². The molecule has 3 aromatic heterocycles. The minimum absolute atomic E-state index is 0.0895. The number of nitrogens with zero attached hydrogens (tertiary/aromatic N) is 5. The molecule has 3 N–H and O–H groups in total. The fourth-order valence-electron chi connectivity index (χ4n) is 6.37. The number of carbonyl (C=O) groups is 2. The number of aromatic nitrogens is 4. The van der Waals surface area contributed by atoms with Gasteiger partial charge in [-0.15, -0.1) is 0 Å². The van der Waals surface area contributed by atoms with Gasteiger partial charge in [-0.3, -0.25) is 14.6 Å². The maximum atomic E-state index is 13.0. The van der Waals surface area contributed by atoms with E-state index in [4.69, 9.17) is 10.7 Å². The minimum Gasteiger partial charge on any atom is -0.382 e. The maximum Gasteiger partial charge on any atom is 0.471 e. The zero-order valence-corrected chi connectivity index (χ0v) is 24.3. The lowest BCUT2D eigenvalue weighted by atomic mass is 9.87. The standard InChI is InChI=1S/C29H28F3N7O4S/c1-44(42,43)25-24(18-11-19-8-9-20(12-18)38(19)23(40)15-35-28(41)29(30,31)32)37-27-21(14-36-39(27)26(25)33)17-7-10-22(34-13-17)16-5-3-2-4-6-16/h2-7,10,13-14,18-20H,8-9,11-12,15,33H2,1H3,(H,35,41). The van der Waals surface area contributed by atoms with Crippen LogP contribution in [-0.2, 0) is 19.4 Å². The number of piperidine rings is 1. The van der Waals surface area contributed by atoms with Gasteiger partial charge < -0.3 is 16.0 Å². The molecule has 0 radical (unpaired) electrons. The Balaban J connectivity index is 1.33. The van der Waals surface area contributed by atoms with Crippen molar-refractivity contribution in [3.05, 3.63) is 60.6 Å². The molecule has 230 valence electrons. The Hall–Kier alpha value is -4.53. The molecule has 2 fully saturated rings. The molecule has 15 heteroatoms. The second kappa shape index (κ2) is 10.9. The molecule has 11 nitrogen and oxygen atoms in total. The van der Waals surface area contributed by atoms with E-state index in [1.165, 1.54) is 9.42 Å². The van der Waals surface area contributed by atoms with E-state index >= 15 is 0 Å². The fourth-order valence-corrected chi connectivity index (χ4v) is 7.42. The second-order valence-corrected chi connectivity index (χ2v) is 13.1. The average molecular weight is 628 g/mol. The number of hydrogen-bond donors (Lipinski definition) is 2. The number of carbonyl (C=O) groups excluding carboxylic acids is 2. The molecular formula is C29H28F3N7O4S. The number of amides is 2. The van der Waals surface area contributed by atoms with Crippen LogP contribution >= 0.6 is 0 Å². The molecule has 4 aromatic rings. The first-order valence-electron chi connectivity index (χ1n) is 13.9. The van der Waals surface area contributed by atoms with Crippen molar-refractivity contribution in [2.45, 2.75) is 54.8 Å². The van der Waals surface area contributed by atoms with Crippen LogP contribution in [0.25, 0.3) is 28.0 Å². The number of rotatable bonds is 6. The number of sulfone groups is 1. The Kier molecular flexibility index (Phi) is 7.30. The molecule has 2 aliphatic rings. The van der Waals surface area contributed by atoms with Crippen molar-refractivity contribution >= 4 is 33.1 Å². The molecular weight excluding hydrogens is 599 g/mol. The van der Waals surface area contributed by atoms with Gasteiger partial charge in [0.05, 0.1) is 24.1 Å². The largest absolute Gasteiger partial charge is 0.471 e. The Labute approximate surface area is 250 Å². The van der Waals surface area contributed by atoms with E-state index in [1.807, 2.05) is 42.5 Å². The second-order valence-electron chi connectivity index (χ2n) is 11.1. The topological polar surface area (TPSA) is 153 Å². The third kappa shape index (κ3) is 5.36. The summed E-state index contributed by atoms with van der Waals surface area (Å²) in [5.41, 5.74) is 10.1. The normalized spacial score (nSPS) is 20.2. The number of nitrogen functional groups attached to an aromatic ring is 1. The van der Waals surface area contributed by atoms with Gasteiger partial charge in [0.25, 0.3) is 0 Å². The predicted octanol–water partition coefficient (Wildman–Crippen LogP) is 3.36. The van der Waals surface area contributed by atoms with Crippen molar-refractivity contribution < 1.29 is 31.2 Å². The van der Waals surface area contributed by atoms with Crippen LogP contribution in [0.1, 0.15) is 37.3 Å². The van der Waals surface area contributed by atoms with Gasteiger partial charge in [-0.05, 0) is 31.7 Å². The Morgan fingerprint density at radius 2 is 1.70 bits per heavy atom. The highest BCUT2D eigenvalue weighted by Gasteiger charge is 2.46. The van der Waals surface area contributed by atoms with Gasteiger partial charge in [0, 0.05) is 47.1 Å². The lowest BCUT2D eigenvalue weighted by molar-refractivity contribution is -0.174. The molecule has 2 saturated heterocycles. The minimum atomic E-state index is -5.09. The Morgan fingerprint density at radius 1 is 1.02 bits per heavy atom. The van der Waals surface area contributed by atoms with Crippen molar-refractivity contribution in [1.29, 1.82) is 0 Å². The number of benzene rings is 1. The van der Waals surface area contributed by atoms with Crippen LogP contribution in [0.15, 0.2) is 59.8 Å². The molecule has 2 unspecified atom stereocenters. The SMILES string of the molecule is CS(=O)(=O)c1c(C2CC3CCC(C2)N3C(=O)CNC(=O)C(F)(F)F)nc2c(-c3ccc(-c4ccccc4)nc3)cnn2c1N. The van der Waals surface area contributed by atoms with Crippen LogP contribution < -0.4 is 11.1 Å². The molecule has 2 atom stereocenters. The van der Waals surface area contributed by atoms with E-state index in [2.05, 4.69) is 10.1 Å². The summed E-state index contributed by atoms with van der Waals surface area (Å²) in [4.78, 5) is 34.9. The van der Waals surface area contributed by atoms with E-state index in [1.54, 1.807) is 17.7 Å². The van der Waals surface area contributed by atoms with Crippen molar-refractivity contribution in [2.75, 3.05) is 18.5 Å². The Morgan fingerprint density at radius 3 is 2.30 bits per heavy atom. The summed E-state index contributed by atoms with van der Waals surface area (Å²) in [6, 6.07) is 12.7. The summed E-state index contributed by atoms with van der Waals surface area (Å²) >= 11 is 0. The molecule has 5 heterocycles. The van der Waals surface area contributed by atoms with Gasteiger partial charge in [-0.1, -0.05) is 36.4 Å². The summed E-state index contributed by atoms with van der Waals surface area (Å²) in [5, 5.41) is 5.98. The predicted molar refractivity (Wildman–Crippen MR) is 154 cm³/mol. The van der Waals surface area contributed by atoms with Crippen LogP contribution in [0.3, 0.4) is 0 Å². The highest BCUT2D eigenvalue weighted by molar-refractivity contribution is 7.91. The number of anilines is 1. The number of nitrogens with one attached hydrogen (secondary N) is 1. The summed E-state index contributed by atoms with van der Waals surface area (Å²) in [7, 11) is -3.87. The van der Waals surface area contributed by atoms with E-state index in [0.29, 0.717) is 42.5 Å². The van der Waals surface area contributed by atoms with E-state index in [9.17, 15) is 31.2 Å². The van der Waals surface area contributed by atoms with Crippen LogP contribution in [0, 0.1) is 0 Å². The van der Waals surface area contributed by atoms with Crippen LogP contribution in [-0.4, -0.2) is 75.8 Å². The van der Waals surface area contributed by atoms with E-state index < -0.39 is 40.3 Å². The van der Waals surface area contributed by atoms with Crippen molar-refractivity contribution in [2.24, 2.45) is 0 Å². The van der Waals surface area contributed by atoms with Crippen molar-refractivity contribution in [1.82, 2.24) is 29.8 Å². The third-order valence-corrected chi connectivity index (χ3v) is 9.40. The zero-order chi connectivity index (χ0) is 31.4. The summed E-state index contributed by atoms with van der Waals surface area (Å²) < 4.78 is 65.2. The molecule has 1 aromatic carbocycles. The number of hydrogen-bond acceptors (Lipinski definition) is 8. The molecule has 2 bridgehead atoms. The number of alkyl halides is 3. The van der Waals surface area contributed by atoms with E-state index in [-0.39, 0.29) is 28.5 Å². The van der Waals surface area contributed by atoms with Gasteiger partial charge in [0.2, 0.25) is 5.91 Å². The third-order valence-electron chi connectivity index (χ3n) is 8.24. The van der Waals surface area contributed by atoms with Gasteiger partial charge in [0.1, 0.15) is 10.7 Å². The van der Waals surface area contributed by atoms with Gasteiger partial charge in [0.15, 0.2) is 15.5 Å². The number of fused-ring (bicyclic) bond motifs is 3. The van der Waals surface area contributed by atoms with Crippen molar-refractivity contribution in [3.8, 4) is 22.4 Å². The maximum absolute atomic E-state index is 13.0. The lowest BCUT2D eigenvalue weighted by Gasteiger charge is -2.39. The summed E-state index contributed by atoms with van der Waals surface area (Å²) in [6.45, 7) is -0.780. The summed E-state index contributed by atoms with van der Waals surface area (Å²) in [6.07, 6.45) is 1.02. The Bertz CT molecular complexity index is 1850. The number of halogens is 3. The van der Waals surface area contributed by atoms with Gasteiger partial charge in [-0.2, -0.15) is 22.8 Å². The monoisotopic (exact) mass is 627 g/mol. The molecule has 6 rings (SSSR count). The number of nitrogens with two attached hydrogens (primary N) is 1. The summed E-state index contributed by atoms with van der Waals surface area (Å²) in [5.74, 6) is -3.29. The molecule has 44 heavy (non-hydrogen) atoms. The van der Waals surface area contributed by atoms with Crippen LogP contribution in [0.5, 0.6) is 0 Å². The van der Waals surface area contributed by atoms with Crippen molar-refractivity contribution in [3.63, 3.8) is 0 Å². The zero-order valence-electron chi connectivity index (χ0n) is 23.5. The highest BCUT2D eigenvalue weighted by Crippen LogP contribution is 2.45. The lowest BCUT2D eigenvalue weighted by Crippen LogP contribution is -2.51. The molecule has 0 aliphatic carbocycles. The molecule has 0 saturated carbocycles. The smallest absolute Gasteiger partial charge is 0.382 e. The average Bonchev–Trinajstić information content (AvgIpc) is 3.53. The van der Waals surface area contributed by atoms with E-state index in [0.717, 1.165) is 17.5 Å². The van der Waals surface area contributed by atoms with Gasteiger partial charge >= 0.3 is 12.1 Å². The molecule has 0 spiro atoms. The van der Waals surface area contributed by atoms with Crippen LogP contribution in [0.4, 0.5) is 19.0 Å². The first-order valence-corrected chi connectivity index (χ1v) is 15.8. The quantitative estimate of drug-likeness (QED) is 0.330. The first-order chi connectivity index (χ1) is 20.8. The fraction of sp³-hybridized carbons (Fsp3) is 0.345. The highest BCUT2D eigenvalue weighted by atomic mass is 32.2. The molecule has 2 amide bonds. The van der Waals surface area contributed by atoms with Gasteiger partial charge in [-0.25, -0.2) is 13.4 Å². The number of pyridine rings is 1.